The molecule has 1 atom stereocenters. The lowest BCUT2D eigenvalue weighted by atomic mass is 10.1. The molecule has 0 aromatic rings. The third-order valence-corrected chi connectivity index (χ3v) is 7.05. The van der Waals surface area contributed by atoms with Gasteiger partial charge in [0.1, 0.15) is 12.6 Å². The molecule has 0 radical (unpaired) electrons. The zero-order chi connectivity index (χ0) is 30.2. The lowest BCUT2D eigenvalue weighted by Crippen LogP contribution is -2.28. The molecule has 0 aromatic heterocycles. The maximum atomic E-state index is 12.5. The van der Waals surface area contributed by atoms with E-state index in [0.29, 0.717) is 12.8 Å². The Kier molecular flexibility index (Phi) is 28.8. The van der Waals surface area contributed by atoms with E-state index in [-0.39, 0.29) is 24.5 Å². The topological polar surface area (TPSA) is 92.7 Å². The minimum Gasteiger partial charge on any atom is -0.480 e. The second-order valence-corrected chi connectivity index (χ2v) is 11.1. The van der Waals surface area contributed by atoms with Crippen LogP contribution in [0.1, 0.15) is 155 Å². The first-order chi connectivity index (χ1) is 20.0. The van der Waals surface area contributed by atoms with Crippen molar-refractivity contribution in [3.05, 3.63) is 36.5 Å². The Morgan fingerprint density at radius 2 is 1.20 bits per heavy atom. The van der Waals surface area contributed by atoms with Gasteiger partial charge in [0.05, 0.1) is 0 Å². The van der Waals surface area contributed by atoms with Gasteiger partial charge < -0.3 is 15.2 Å². The largest absolute Gasteiger partial charge is 0.480 e. The summed E-state index contributed by atoms with van der Waals surface area (Å²) in [4.78, 5) is 34.6. The molecule has 1 amide bonds. The molecule has 0 aliphatic rings. The first-order valence-corrected chi connectivity index (χ1v) is 16.6. The Balaban J connectivity index is 4.36. The number of hydrogen-bond donors (Lipinski definition) is 2. The summed E-state index contributed by atoms with van der Waals surface area (Å²) in [5.41, 5.74) is 0. The van der Waals surface area contributed by atoms with Crippen LogP contribution in [0.2, 0.25) is 0 Å². The molecule has 0 saturated carbocycles. The van der Waals surface area contributed by atoms with Gasteiger partial charge in [0.25, 0.3) is 0 Å². The summed E-state index contributed by atoms with van der Waals surface area (Å²) in [6.45, 7) is 4.14. The van der Waals surface area contributed by atoms with Crippen molar-refractivity contribution >= 4 is 17.8 Å². The van der Waals surface area contributed by atoms with E-state index in [9.17, 15) is 14.4 Å². The van der Waals surface area contributed by atoms with Gasteiger partial charge in [-0.15, -0.1) is 0 Å². The number of unbranched alkanes of at least 4 members (excludes halogenated alkanes) is 14. The average Bonchev–Trinajstić information content (AvgIpc) is 2.95. The van der Waals surface area contributed by atoms with Gasteiger partial charge in [0.2, 0.25) is 5.91 Å². The second-order valence-electron chi connectivity index (χ2n) is 11.1. The SMILES string of the molecule is CCCCC/C=C\C/C=C\C/C=C\C(CCCCCCCC(=O)NCC(=O)O)OC(=O)CCCCCCCCCC. The average molecular weight is 576 g/mol. The van der Waals surface area contributed by atoms with Crippen LogP contribution in [-0.2, 0) is 19.1 Å². The number of ether oxygens (including phenoxy) is 1. The van der Waals surface area contributed by atoms with Gasteiger partial charge in [-0.25, -0.2) is 0 Å². The third-order valence-electron chi connectivity index (χ3n) is 7.05. The van der Waals surface area contributed by atoms with Crippen molar-refractivity contribution in [2.75, 3.05) is 6.54 Å². The number of carbonyl (C=O) groups excluding carboxylic acids is 2. The van der Waals surface area contributed by atoms with Crippen molar-refractivity contribution in [1.82, 2.24) is 5.32 Å². The third kappa shape index (κ3) is 30.4. The number of carboxylic acids is 1. The Bertz CT molecular complexity index is 728. The Hall–Kier alpha value is -2.37. The Morgan fingerprint density at radius 1 is 0.659 bits per heavy atom. The summed E-state index contributed by atoms with van der Waals surface area (Å²) in [6, 6.07) is 0. The summed E-state index contributed by atoms with van der Waals surface area (Å²) < 4.78 is 5.85. The maximum absolute atomic E-state index is 12.5. The van der Waals surface area contributed by atoms with E-state index in [1.165, 1.54) is 57.8 Å². The summed E-state index contributed by atoms with van der Waals surface area (Å²) >= 11 is 0. The fraction of sp³-hybridized carbons (Fsp3) is 0.743. The van der Waals surface area contributed by atoms with Crippen LogP contribution in [0.3, 0.4) is 0 Å². The molecule has 6 heteroatoms. The number of allylic oxidation sites excluding steroid dienone is 5. The van der Waals surface area contributed by atoms with E-state index in [1.54, 1.807) is 0 Å². The van der Waals surface area contributed by atoms with Gasteiger partial charge in [-0.3, -0.25) is 14.4 Å². The van der Waals surface area contributed by atoms with E-state index >= 15 is 0 Å². The number of hydrogen-bond acceptors (Lipinski definition) is 4. The lowest BCUT2D eigenvalue weighted by Gasteiger charge is -2.14. The fourth-order valence-electron chi connectivity index (χ4n) is 4.56. The second kappa shape index (κ2) is 30.6. The number of rotatable bonds is 29. The van der Waals surface area contributed by atoms with Crippen LogP contribution < -0.4 is 5.32 Å². The number of carboxylic acid groups (broad SMARTS) is 1. The van der Waals surface area contributed by atoms with Crippen molar-refractivity contribution in [3.63, 3.8) is 0 Å². The molecule has 0 bridgehead atoms. The number of esters is 1. The van der Waals surface area contributed by atoms with Crippen LogP contribution in [0.4, 0.5) is 0 Å². The van der Waals surface area contributed by atoms with Crippen LogP contribution in [0.25, 0.3) is 0 Å². The predicted molar refractivity (Wildman–Crippen MR) is 171 cm³/mol. The van der Waals surface area contributed by atoms with Gasteiger partial charge in [-0.1, -0.05) is 121 Å². The highest BCUT2D eigenvalue weighted by atomic mass is 16.5. The summed E-state index contributed by atoms with van der Waals surface area (Å²) in [5.74, 6) is -1.33. The molecule has 0 aromatic carbocycles. The zero-order valence-electron chi connectivity index (χ0n) is 26.4. The molecule has 0 spiro atoms. The van der Waals surface area contributed by atoms with Gasteiger partial charge in [0, 0.05) is 12.8 Å². The highest BCUT2D eigenvalue weighted by Gasteiger charge is 2.11. The molecule has 0 aliphatic heterocycles. The molecule has 0 fully saturated rings. The lowest BCUT2D eigenvalue weighted by molar-refractivity contribution is -0.147. The Morgan fingerprint density at radius 3 is 1.85 bits per heavy atom. The Labute approximate surface area is 251 Å². The predicted octanol–water partition coefficient (Wildman–Crippen LogP) is 9.39. The van der Waals surface area contributed by atoms with Gasteiger partial charge in [0.15, 0.2) is 0 Å². The number of amides is 1. The zero-order valence-corrected chi connectivity index (χ0v) is 26.4. The summed E-state index contributed by atoms with van der Waals surface area (Å²) in [7, 11) is 0. The minimum absolute atomic E-state index is 0.0956. The molecule has 2 N–H and O–H groups in total. The quantitative estimate of drug-likeness (QED) is 0.0526. The smallest absolute Gasteiger partial charge is 0.322 e. The fourth-order valence-corrected chi connectivity index (χ4v) is 4.56. The molecule has 236 valence electrons. The highest BCUT2D eigenvalue weighted by Crippen LogP contribution is 2.15. The molecule has 6 nitrogen and oxygen atoms in total. The monoisotopic (exact) mass is 575 g/mol. The van der Waals surface area contributed by atoms with E-state index in [1.807, 2.05) is 6.08 Å². The van der Waals surface area contributed by atoms with Crippen molar-refractivity contribution in [2.45, 2.75) is 161 Å². The molecule has 0 heterocycles. The van der Waals surface area contributed by atoms with Crippen molar-refractivity contribution in [3.8, 4) is 0 Å². The number of nitrogens with one attached hydrogen (secondary N) is 1. The van der Waals surface area contributed by atoms with Gasteiger partial charge in [-0.05, 0) is 57.4 Å². The van der Waals surface area contributed by atoms with Crippen LogP contribution in [0.5, 0.6) is 0 Å². The van der Waals surface area contributed by atoms with Gasteiger partial charge in [-0.2, -0.15) is 0 Å². The highest BCUT2D eigenvalue weighted by molar-refractivity contribution is 5.80. The maximum Gasteiger partial charge on any atom is 0.322 e. The van der Waals surface area contributed by atoms with Crippen LogP contribution in [0, 0.1) is 0 Å². The molecule has 1 unspecified atom stereocenters. The van der Waals surface area contributed by atoms with E-state index in [2.05, 4.69) is 49.5 Å². The molecule has 41 heavy (non-hydrogen) atoms. The minimum atomic E-state index is -1.03. The standard InChI is InChI=1S/C35H61NO5/c1-3-5-7-9-11-13-14-15-16-19-23-27-32(41-35(40)30-26-22-17-12-10-8-6-4-2)28-24-20-18-21-25-29-33(37)36-31-34(38)39/h11,13,15-16,23,27,32H,3-10,12,14,17-22,24-26,28-31H2,1-2H3,(H,36,37)(H,38,39)/b13-11-,16-15-,27-23-. The van der Waals surface area contributed by atoms with Crippen molar-refractivity contribution in [1.29, 1.82) is 0 Å². The number of carbonyl (C=O) groups is 3. The van der Waals surface area contributed by atoms with Crippen LogP contribution >= 0.6 is 0 Å². The van der Waals surface area contributed by atoms with E-state index in [0.717, 1.165) is 70.6 Å². The van der Waals surface area contributed by atoms with Crippen LogP contribution in [0.15, 0.2) is 36.5 Å². The molecule has 0 aliphatic carbocycles. The van der Waals surface area contributed by atoms with Crippen molar-refractivity contribution in [2.24, 2.45) is 0 Å². The van der Waals surface area contributed by atoms with Crippen LogP contribution in [-0.4, -0.2) is 35.6 Å². The van der Waals surface area contributed by atoms with Gasteiger partial charge >= 0.3 is 11.9 Å². The summed E-state index contributed by atoms with van der Waals surface area (Å²) in [5, 5.41) is 11.0. The molecular weight excluding hydrogens is 514 g/mol. The molecule has 0 saturated heterocycles. The molecule has 0 rings (SSSR count). The van der Waals surface area contributed by atoms with E-state index in [4.69, 9.17) is 9.84 Å². The normalized spacial score (nSPS) is 12.4. The summed E-state index contributed by atoms with van der Waals surface area (Å²) in [6.07, 6.45) is 35.6. The first-order valence-electron chi connectivity index (χ1n) is 16.6. The van der Waals surface area contributed by atoms with Crippen molar-refractivity contribution < 1.29 is 24.2 Å². The molecular formula is C35H61NO5. The number of aliphatic carboxylic acids is 1. The first kappa shape index (κ1) is 38.6. The van der Waals surface area contributed by atoms with E-state index < -0.39 is 5.97 Å².